The summed E-state index contributed by atoms with van der Waals surface area (Å²) < 4.78 is 1.85. The van der Waals surface area contributed by atoms with Gasteiger partial charge in [-0.25, -0.2) is 0 Å². The Hall–Kier alpha value is -1.36. The molecule has 1 aromatic rings. The Labute approximate surface area is 108 Å². The van der Waals surface area contributed by atoms with Crippen molar-refractivity contribution < 1.29 is 4.79 Å². The summed E-state index contributed by atoms with van der Waals surface area (Å²) in [5.74, 6) is 0.211. The van der Waals surface area contributed by atoms with Gasteiger partial charge in [0.2, 0.25) is 5.91 Å². The van der Waals surface area contributed by atoms with Crippen molar-refractivity contribution in [2.75, 3.05) is 19.6 Å². The van der Waals surface area contributed by atoms with Crippen molar-refractivity contribution in [3.05, 3.63) is 17.0 Å². The lowest BCUT2D eigenvalue weighted by molar-refractivity contribution is -0.133. The Kier molecular flexibility index (Phi) is 3.71. The fraction of sp³-hybridized carbons (Fsp3) is 0.692. The van der Waals surface area contributed by atoms with Crippen molar-refractivity contribution in [3.8, 4) is 0 Å². The van der Waals surface area contributed by atoms with Crippen LogP contribution in [0.5, 0.6) is 0 Å². The zero-order valence-electron chi connectivity index (χ0n) is 11.7. The number of amides is 1. The number of hydrogen-bond donors (Lipinski definition) is 1. The maximum Gasteiger partial charge on any atom is 0.227 e. The maximum absolute atomic E-state index is 12.4. The Morgan fingerprint density at radius 1 is 1.50 bits per heavy atom. The van der Waals surface area contributed by atoms with E-state index >= 15 is 0 Å². The van der Waals surface area contributed by atoms with E-state index in [1.165, 1.54) is 0 Å². The molecule has 5 heteroatoms. The van der Waals surface area contributed by atoms with Crippen LogP contribution in [0.1, 0.15) is 23.9 Å². The van der Waals surface area contributed by atoms with E-state index in [0.29, 0.717) is 6.42 Å². The van der Waals surface area contributed by atoms with Crippen molar-refractivity contribution >= 4 is 5.91 Å². The first-order valence-corrected chi connectivity index (χ1v) is 6.50. The summed E-state index contributed by atoms with van der Waals surface area (Å²) in [6.45, 7) is 8.66. The molecule has 100 valence electrons. The summed E-state index contributed by atoms with van der Waals surface area (Å²) in [5.41, 5.74) is 3.13. The van der Waals surface area contributed by atoms with Gasteiger partial charge in [0.25, 0.3) is 0 Å². The van der Waals surface area contributed by atoms with Crippen LogP contribution in [0.15, 0.2) is 0 Å². The minimum Gasteiger partial charge on any atom is -0.337 e. The zero-order chi connectivity index (χ0) is 13.3. The first kappa shape index (κ1) is 13.1. The topological polar surface area (TPSA) is 50.2 Å². The molecular weight excluding hydrogens is 228 g/mol. The summed E-state index contributed by atoms with van der Waals surface area (Å²) in [4.78, 5) is 14.3. The number of carbonyl (C=O) groups is 1. The van der Waals surface area contributed by atoms with Crippen LogP contribution in [-0.4, -0.2) is 46.3 Å². The Balaban J connectivity index is 2.11. The van der Waals surface area contributed by atoms with Crippen LogP contribution >= 0.6 is 0 Å². The number of hydrogen-bond acceptors (Lipinski definition) is 3. The Morgan fingerprint density at radius 3 is 2.78 bits per heavy atom. The van der Waals surface area contributed by atoms with E-state index in [1.54, 1.807) is 0 Å². The van der Waals surface area contributed by atoms with Crippen molar-refractivity contribution in [2.24, 2.45) is 7.05 Å². The molecule has 0 unspecified atom stereocenters. The number of piperazine rings is 1. The average Bonchev–Trinajstić information content (AvgIpc) is 2.56. The maximum atomic E-state index is 12.4. The number of nitrogens with one attached hydrogen (secondary N) is 1. The molecule has 1 amide bonds. The standard InChI is InChI=1S/C13H22N4O/c1-9-8-14-5-6-17(9)13(18)7-12-10(2)15-16(4)11(12)3/h9,14H,5-8H2,1-4H3/t9-/m0/s1. The Morgan fingerprint density at radius 2 is 2.22 bits per heavy atom. The molecule has 2 rings (SSSR count). The third kappa shape index (κ3) is 2.41. The van der Waals surface area contributed by atoms with Crippen LogP contribution in [0.3, 0.4) is 0 Å². The van der Waals surface area contributed by atoms with Gasteiger partial charge >= 0.3 is 0 Å². The van der Waals surface area contributed by atoms with E-state index in [9.17, 15) is 4.79 Å². The molecule has 0 aromatic carbocycles. The molecule has 1 fully saturated rings. The molecule has 1 aliphatic rings. The number of rotatable bonds is 2. The normalized spacial score (nSPS) is 20.2. The SMILES string of the molecule is Cc1nn(C)c(C)c1CC(=O)N1CCNC[C@@H]1C. The monoisotopic (exact) mass is 250 g/mol. The van der Waals surface area contributed by atoms with Crippen LogP contribution in [-0.2, 0) is 18.3 Å². The van der Waals surface area contributed by atoms with Crippen molar-refractivity contribution in [2.45, 2.75) is 33.2 Å². The van der Waals surface area contributed by atoms with Gasteiger partial charge in [0, 0.05) is 44.0 Å². The largest absolute Gasteiger partial charge is 0.337 e. The molecular formula is C13H22N4O. The van der Waals surface area contributed by atoms with Crippen LogP contribution in [0.2, 0.25) is 0 Å². The highest BCUT2D eigenvalue weighted by atomic mass is 16.2. The third-order valence-electron chi connectivity index (χ3n) is 3.81. The first-order chi connectivity index (χ1) is 8.50. The molecule has 0 saturated carbocycles. The predicted octanol–water partition coefficient (Wildman–Crippen LogP) is 0.400. The van der Waals surface area contributed by atoms with Crippen molar-refractivity contribution in [3.63, 3.8) is 0 Å². The minimum atomic E-state index is 0.211. The van der Waals surface area contributed by atoms with Gasteiger partial charge in [-0.05, 0) is 20.8 Å². The lowest BCUT2D eigenvalue weighted by Crippen LogP contribution is -2.52. The highest BCUT2D eigenvalue weighted by Gasteiger charge is 2.24. The average molecular weight is 250 g/mol. The van der Waals surface area contributed by atoms with Crippen LogP contribution in [0.25, 0.3) is 0 Å². The molecule has 1 atom stereocenters. The summed E-state index contributed by atoms with van der Waals surface area (Å²) >= 11 is 0. The third-order valence-corrected chi connectivity index (χ3v) is 3.81. The zero-order valence-corrected chi connectivity index (χ0v) is 11.7. The van der Waals surface area contributed by atoms with E-state index < -0.39 is 0 Å². The van der Waals surface area contributed by atoms with E-state index in [-0.39, 0.29) is 11.9 Å². The van der Waals surface area contributed by atoms with Gasteiger partial charge in [0.15, 0.2) is 0 Å². The van der Waals surface area contributed by atoms with Gasteiger partial charge in [-0.1, -0.05) is 0 Å². The second-order valence-corrected chi connectivity index (χ2v) is 5.09. The molecule has 18 heavy (non-hydrogen) atoms. The summed E-state index contributed by atoms with van der Waals surface area (Å²) in [7, 11) is 1.92. The molecule has 5 nitrogen and oxygen atoms in total. The molecule has 1 N–H and O–H groups in total. The summed E-state index contributed by atoms with van der Waals surface area (Å²) in [6, 6.07) is 0.281. The quantitative estimate of drug-likeness (QED) is 0.826. The lowest BCUT2D eigenvalue weighted by Gasteiger charge is -2.34. The van der Waals surface area contributed by atoms with E-state index in [0.717, 1.165) is 36.6 Å². The lowest BCUT2D eigenvalue weighted by atomic mass is 10.1. The van der Waals surface area contributed by atoms with Gasteiger partial charge in [-0.2, -0.15) is 5.10 Å². The smallest absolute Gasteiger partial charge is 0.227 e. The predicted molar refractivity (Wildman–Crippen MR) is 70.4 cm³/mol. The molecule has 1 aliphatic heterocycles. The number of carbonyl (C=O) groups excluding carboxylic acids is 1. The van der Waals surface area contributed by atoms with Gasteiger partial charge in [0.05, 0.1) is 12.1 Å². The highest BCUT2D eigenvalue weighted by Crippen LogP contribution is 2.15. The van der Waals surface area contributed by atoms with Crippen molar-refractivity contribution in [1.82, 2.24) is 20.0 Å². The van der Waals surface area contributed by atoms with E-state index in [2.05, 4.69) is 17.3 Å². The molecule has 2 heterocycles. The van der Waals surface area contributed by atoms with Gasteiger partial charge < -0.3 is 10.2 Å². The number of aromatic nitrogens is 2. The van der Waals surface area contributed by atoms with E-state index in [4.69, 9.17) is 0 Å². The molecule has 1 saturated heterocycles. The van der Waals surface area contributed by atoms with Crippen molar-refractivity contribution in [1.29, 1.82) is 0 Å². The van der Waals surface area contributed by atoms with Gasteiger partial charge in [-0.3, -0.25) is 9.48 Å². The van der Waals surface area contributed by atoms with Crippen LogP contribution in [0.4, 0.5) is 0 Å². The highest BCUT2D eigenvalue weighted by molar-refractivity contribution is 5.79. The van der Waals surface area contributed by atoms with Gasteiger partial charge in [0.1, 0.15) is 0 Å². The second-order valence-electron chi connectivity index (χ2n) is 5.09. The second kappa shape index (κ2) is 5.10. The number of aryl methyl sites for hydroxylation is 2. The summed E-state index contributed by atoms with van der Waals surface area (Å²) in [6.07, 6.45) is 0.468. The Bertz CT molecular complexity index is 452. The molecule has 0 bridgehead atoms. The molecule has 0 spiro atoms. The summed E-state index contributed by atoms with van der Waals surface area (Å²) in [5, 5.41) is 7.66. The fourth-order valence-corrected chi connectivity index (χ4v) is 2.54. The molecule has 0 radical (unpaired) electrons. The molecule has 1 aromatic heterocycles. The van der Waals surface area contributed by atoms with Gasteiger partial charge in [-0.15, -0.1) is 0 Å². The van der Waals surface area contributed by atoms with Crippen LogP contribution < -0.4 is 5.32 Å². The fourth-order valence-electron chi connectivity index (χ4n) is 2.54. The number of nitrogens with zero attached hydrogens (tertiary/aromatic N) is 3. The van der Waals surface area contributed by atoms with Crippen LogP contribution in [0, 0.1) is 13.8 Å². The molecule has 0 aliphatic carbocycles. The van der Waals surface area contributed by atoms with E-state index in [1.807, 2.05) is 30.5 Å². The minimum absolute atomic E-state index is 0.211. The first-order valence-electron chi connectivity index (χ1n) is 6.50.